The first-order valence-corrected chi connectivity index (χ1v) is 11.0. The van der Waals surface area contributed by atoms with Crippen LogP contribution >= 0.6 is 45.9 Å². The number of rotatable bonds is 4. The molecule has 0 aliphatic heterocycles. The van der Waals surface area contributed by atoms with Gasteiger partial charge in [-0.15, -0.1) is 22.7 Å². The summed E-state index contributed by atoms with van der Waals surface area (Å²) in [6.45, 7) is 0.722. The largest absolute Gasteiger partial charge is 0.391 e. The van der Waals surface area contributed by atoms with Crippen molar-refractivity contribution in [3.8, 4) is 0 Å². The predicted molar refractivity (Wildman–Crippen MR) is 112 cm³/mol. The minimum absolute atomic E-state index is 0.0503. The molecule has 1 saturated carbocycles. The highest BCUT2D eigenvalue weighted by Crippen LogP contribution is 2.46. The molecule has 138 valence electrons. The summed E-state index contributed by atoms with van der Waals surface area (Å²) in [4.78, 5) is 6.69. The summed E-state index contributed by atoms with van der Waals surface area (Å²) < 4.78 is 0.984. The molecule has 0 radical (unpaired) electrons. The number of thiophene rings is 2. The molecule has 0 bridgehead atoms. The van der Waals surface area contributed by atoms with Crippen LogP contribution in [0.4, 0.5) is 5.69 Å². The van der Waals surface area contributed by atoms with Gasteiger partial charge < -0.3 is 16.2 Å². The number of pyridine rings is 1. The van der Waals surface area contributed by atoms with E-state index in [1.807, 2.05) is 12.1 Å². The highest BCUT2D eigenvalue weighted by Gasteiger charge is 2.33. The second kappa shape index (κ2) is 7.62. The molecule has 0 spiro atoms. The van der Waals surface area contributed by atoms with Crippen LogP contribution in [0.3, 0.4) is 0 Å². The zero-order valence-corrected chi connectivity index (χ0v) is 17.1. The van der Waals surface area contributed by atoms with Crippen LogP contribution in [0.5, 0.6) is 0 Å². The summed E-state index contributed by atoms with van der Waals surface area (Å²) >= 11 is 16.2. The van der Waals surface area contributed by atoms with Crippen LogP contribution in [-0.2, 0) is 6.54 Å². The van der Waals surface area contributed by atoms with Crippen molar-refractivity contribution in [1.29, 1.82) is 0 Å². The molecule has 3 aromatic heterocycles. The van der Waals surface area contributed by atoms with Gasteiger partial charge in [0.1, 0.15) is 10.7 Å². The lowest BCUT2D eigenvalue weighted by atomic mass is 9.82. The molecule has 26 heavy (non-hydrogen) atoms. The van der Waals surface area contributed by atoms with Gasteiger partial charge in [0.15, 0.2) is 0 Å². The molecule has 4 nitrogen and oxygen atoms in total. The van der Waals surface area contributed by atoms with Crippen LogP contribution in [0.1, 0.15) is 34.9 Å². The third kappa shape index (κ3) is 3.46. The molecule has 4 N–H and O–H groups in total. The maximum absolute atomic E-state index is 10.2. The molecule has 3 atom stereocenters. The first-order chi connectivity index (χ1) is 12.5. The quantitative estimate of drug-likeness (QED) is 0.498. The normalized spacial score (nSPS) is 23.5. The van der Waals surface area contributed by atoms with Crippen molar-refractivity contribution in [3.05, 3.63) is 43.5 Å². The van der Waals surface area contributed by atoms with Crippen LogP contribution < -0.4 is 11.1 Å². The first kappa shape index (κ1) is 18.5. The number of halogens is 2. The number of nitrogens with two attached hydrogens (primary N) is 1. The predicted octanol–water partition coefficient (Wildman–Crippen LogP) is 5.23. The minimum Gasteiger partial charge on any atom is -0.391 e. The Kier molecular flexibility index (Phi) is 5.41. The van der Waals surface area contributed by atoms with Crippen LogP contribution in [0, 0.1) is 0 Å². The summed E-state index contributed by atoms with van der Waals surface area (Å²) in [5.74, 6) is 0.0503. The van der Waals surface area contributed by atoms with Crippen LogP contribution in [-0.4, -0.2) is 22.2 Å². The maximum atomic E-state index is 10.2. The van der Waals surface area contributed by atoms with Crippen molar-refractivity contribution in [2.75, 3.05) is 5.32 Å². The number of aliphatic hydroxyl groups is 1. The summed E-state index contributed by atoms with van der Waals surface area (Å²) in [5.41, 5.74) is 7.91. The van der Waals surface area contributed by atoms with E-state index < -0.39 is 6.10 Å². The Morgan fingerprint density at radius 1 is 1.35 bits per heavy atom. The van der Waals surface area contributed by atoms with E-state index in [2.05, 4.69) is 21.7 Å². The Bertz CT molecular complexity index is 913. The molecule has 8 heteroatoms. The van der Waals surface area contributed by atoms with Gasteiger partial charge in [-0.2, -0.15) is 0 Å². The fourth-order valence-corrected chi connectivity index (χ4v) is 6.10. The summed E-state index contributed by atoms with van der Waals surface area (Å²) in [6, 6.07) is 5.66. The van der Waals surface area contributed by atoms with Gasteiger partial charge in [0.25, 0.3) is 0 Å². The number of nitrogens with one attached hydrogen (secondary N) is 1. The van der Waals surface area contributed by atoms with Crippen molar-refractivity contribution in [2.24, 2.45) is 5.73 Å². The van der Waals surface area contributed by atoms with Gasteiger partial charge in [-0.1, -0.05) is 35.7 Å². The van der Waals surface area contributed by atoms with E-state index in [9.17, 15) is 5.11 Å². The smallest absolute Gasteiger partial charge is 0.131 e. The summed E-state index contributed by atoms with van der Waals surface area (Å²) in [7, 11) is 0. The molecule has 1 fully saturated rings. The minimum atomic E-state index is -0.483. The number of aliphatic hydroxyl groups excluding tert-OH is 1. The number of fused-ring (bicyclic) bond motifs is 1. The molecule has 3 aromatic rings. The zero-order chi connectivity index (χ0) is 18.3. The highest BCUT2D eigenvalue weighted by molar-refractivity contribution is 7.20. The van der Waals surface area contributed by atoms with E-state index >= 15 is 0 Å². The Balaban J connectivity index is 1.72. The Hall–Kier alpha value is -0.890. The molecule has 0 aromatic carbocycles. The van der Waals surface area contributed by atoms with Crippen molar-refractivity contribution in [3.63, 3.8) is 0 Å². The Morgan fingerprint density at radius 2 is 2.19 bits per heavy atom. The molecular formula is C18H19Cl2N3OS2. The van der Waals surface area contributed by atoms with Gasteiger partial charge in [0.2, 0.25) is 0 Å². The number of hydrogen-bond acceptors (Lipinski definition) is 6. The zero-order valence-electron chi connectivity index (χ0n) is 13.9. The van der Waals surface area contributed by atoms with Gasteiger partial charge in [-0.3, -0.25) is 0 Å². The van der Waals surface area contributed by atoms with E-state index in [-0.39, 0.29) is 12.0 Å². The molecule has 0 amide bonds. The van der Waals surface area contributed by atoms with E-state index in [0.29, 0.717) is 15.7 Å². The summed E-state index contributed by atoms with van der Waals surface area (Å²) in [5, 5.41) is 16.7. The molecule has 0 unspecified atom stereocenters. The first-order valence-electron chi connectivity index (χ1n) is 8.53. The highest BCUT2D eigenvalue weighted by atomic mass is 35.5. The van der Waals surface area contributed by atoms with Gasteiger partial charge in [0, 0.05) is 34.3 Å². The summed E-state index contributed by atoms with van der Waals surface area (Å²) in [6.07, 6.45) is 2.14. The maximum Gasteiger partial charge on any atom is 0.131 e. The molecule has 0 saturated heterocycles. The lowest BCUT2D eigenvalue weighted by molar-refractivity contribution is 0.0971. The average Bonchev–Trinajstić information content (AvgIpc) is 3.24. The topological polar surface area (TPSA) is 71.2 Å². The van der Waals surface area contributed by atoms with Gasteiger partial charge in [-0.25, -0.2) is 4.98 Å². The van der Waals surface area contributed by atoms with E-state index in [4.69, 9.17) is 28.9 Å². The van der Waals surface area contributed by atoms with Crippen molar-refractivity contribution >= 4 is 61.8 Å². The lowest BCUT2D eigenvalue weighted by Gasteiger charge is -2.32. The monoisotopic (exact) mass is 427 g/mol. The second-order valence-electron chi connectivity index (χ2n) is 6.57. The van der Waals surface area contributed by atoms with Gasteiger partial charge in [-0.05, 0) is 24.3 Å². The SMILES string of the molecule is N[C@H]1[C@H](O)CCC[C@@H]1c1sc2c(NCc3cccs3)cc(Cl)nc2c1Cl. The lowest BCUT2D eigenvalue weighted by Crippen LogP contribution is -2.42. The Morgan fingerprint density at radius 3 is 2.96 bits per heavy atom. The molecule has 1 aliphatic rings. The van der Waals surface area contributed by atoms with Gasteiger partial charge >= 0.3 is 0 Å². The van der Waals surface area contributed by atoms with E-state index in [1.165, 1.54) is 4.88 Å². The molecule has 1 aliphatic carbocycles. The molecular weight excluding hydrogens is 409 g/mol. The van der Waals surface area contributed by atoms with E-state index in [0.717, 1.165) is 41.1 Å². The van der Waals surface area contributed by atoms with Crippen LogP contribution in [0.2, 0.25) is 10.2 Å². The number of nitrogens with zero attached hydrogens (tertiary/aromatic N) is 1. The fraction of sp³-hybridized carbons (Fsp3) is 0.389. The van der Waals surface area contributed by atoms with E-state index in [1.54, 1.807) is 22.7 Å². The number of aromatic nitrogens is 1. The van der Waals surface area contributed by atoms with Crippen molar-refractivity contribution in [1.82, 2.24) is 4.98 Å². The Labute approximate surface area is 170 Å². The number of hydrogen-bond donors (Lipinski definition) is 3. The van der Waals surface area contributed by atoms with Gasteiger partial charge in [0.05, 0.1) is 21.5 Å². The third-order valence-electron chi connectivity index (χ3n) is 4.87. The average molecular weight is 428 g/mol. The second-order valence-corrected chi connectivity index (χ2v) is 9.42. The standard InChI is InChI=1S/C18H19Cl2N3OS2/c19-13-7-11(22-8-9-3-2-6-25-9)18-16(23-13)14(20)17(26-18)10-4-1-5-12(24)15(10)21/h2-3,6-7,10,12,15,24H,1,4-5,8,21H2,(H,22,23)/t10-,12+,15+/m0/s1. The van der Waals surface area contributed by atoms with Crippen molar-refractivity contribution < 1.29 is 5.11 Å². The van der Waals surface area contributed by atoms with Crippen molar-refractivity contribution in [2.45, 2.75) is 43.9 Å². The molecule has 4 rings (SSSR count). The number of anilines is 1. The van der Waals surface area contributed by atoms with Crippen LogP contribution in [0.15, 0.2) is 23.6 Å². The third-order valence-corrected chi connectivity index (χ3v) is 7.78. The van der Waals surface area contributed by atoms with Crippen LogP contribution in [0.25, 0.3) is 10.2 Å². The molecule has 3 heterocycles. The fourth-order valence-electron chi connectivity index (χ4n) is 3.50.